The zero-order valence-electron chi connectivity index (χ0n) is 12.1. The molecule has 0 aliphatic carbocycles. The van der Waals surface area contributed by atoms with Gasteiger partial charge in [-0.05, 0) is 41.5 Å². The Morgan fingerprint density at radius 1 is 1.21 bits per heavy atom. The highest BCUT2D eigenvalue weighted by Gasteiger charge is 2.44. The number of carbonyl (C=O) groups is 2. The number of hydrogen-bond donors (Lipinski definition) is 2. The Labute approximate surface area is 117 Å². The molecule has 0 unspecified atom stereocenters. The number of rotatable bonds is 4. The van der Waals surface area contributed by atoms with Gasteiger partial charge in [0, 0.05) is 0 Å². The van der Waals surface area contributed by atoms with Crippen LogP contribution < -0.4 is 5.32 Å². The van der Waals surface area contributed by atoms with Crippen molar-refractivity contribution in [2.45, 2.75) is 47.1 Å². The van der Waals surface area contributed by atoms with Crippen LogP contribution in [-0.4, -0.2) is 27.5 Å². The molecule has 0 aliphatic rings. The van der Waals surface area contributed by atoms with Crippen LogP contribution in [0.25, 0.3) is 0 Å². The number of nitrogens with one attached hydrogen (secondary N) is 1. The molecule has 1 amide bonds. The van der Waals surface area contributed by atoms with Crippen LogP contribution in [0.1, 0.15) is 48.1 Å². The van der Waals surface area contributed by atoms with Crippen molar-refractivity contribution < 1.29 is 14.7 Å². The smallest absolute Gasteiger partial charge is 0.311 e. The number of carbonyl (C=O) groups excluding carboxylic acids is 1. The molecular weight excluding hydrogens is 264 g/mol. The molecule has 106 valence electrons. The second-order valence-corrected chi connectivity index (χ2v) is 6.86. The predicted octanol–water partition coefficient (Wildman–Crippen LogP) is 2.38. The summed E-state index contributed by atoms with van der Waals surface area (Å²) >= 11 is 1.31. The van der Waals surface area contributed by atoms with Crippen molar-refractivity contribution in [3.63, 3.8) is 0 Å². The van der Waals surface area contributed by atoms with E-state index in [0.29, 0.717) is 10.6 Å². The average Bonchev–Trinajstić information content (AvgIpc) is 2.56. The third-order valence-electron chi connectivity index (χ3n) is 3.63. The average molecular weight is 284 g/mol. The van der Waals surface area contributed by atoms with Crippen molar-refractivity contribution in [2.75, 3.05) is 0 Å². The van der Waals surface area contributed by atoms with Gasteiger partial charge in [0.1, 0.15) is 4.88 Å². The molecule has 5 nitrogen and oxygen atoms in total. The van der Waals surface area contributed by atoms with Crippen LogP contribution in [-0.2, 0) is 4.79 Å². The molecule has 1 aromatic rings. The van der Waals surface area contributed by atoms with E-state index in [9.17, 15) is 14.7 Å². The van der Waals surface area contributed by atoms with Crippen LogP contribution in [0.2, 0.25) is 0 Å². The largest absolute Gasteiger partial charge is 0.481 e. The van der Waals surface area contributed by atoms with Gasteiger partial charge >= 0.3 is 5.97 Å². The first-order chi connectivity index (χ1) is 8.49. The molecule has 1 rings (SSSR count). The minimum Gasteiger partial charge on any atom is -0.481 e. The molecule has 0 saturated heterocycles. The summed E-state index contributed by atoms with van der Waals surface area (Å²) in [6.45, 7) is 10.2. The van der Waals surface area contributed by atoms with Crippen LogP contribution in [0.4, 0.5) is 0 Å². The van der Waals surface area contributed by atoms with Gasteiger partial charge in [0.2, 0.25) is 0 Å². The molecule has 2 N–H and O–H groups in total. The standard InChI is InChI=1S/C13H20N2O3S/c1-7-9(19-8(2)14-7)10(16)15-13(5,6)12(3,4)11(17)18/h1-6H3,(H,15,16)(H,17,18). The molecule has 0 atom stereocenters. The molecule has 1 aromatic heterocycles. The Morgan fingerprint density at radius 3 is 2.11 bits per heavy atom. The second-order valence-electron chi connectivity index (χ2n) is 5.66. The highest BCUT2D eigenvalue weighted by atomic mass is 32.1. The van der Waals surface area contributed by atoms with E-state index in [2.05, 4.69) is 10.3 Å². The lowest BCUT2D eigenvalue weighted by Crippen LogP contribution is -2.56. The van der Waals surface area contributed by atoms with Gasteiger partial charge in [-0.25, -0.2) is 4.98 Å². The van der Waals surface area contributed by atoms with Crippen molar-refractivity contribution in [3.8, 4) is 0 Å². The van der Waals surface area contributed by atoms with Crippen LogP contribution in [0, 0.1) is 19.3 Å². The number of amides is 1. The van der Waals surface area contributed by atoms with Gasteiger partial charge in [0.25, 0.3) is 5.91 Å². The first-order valence-corrected chi connectivity index (χ1v) is 6.80. The van der Waals surface area contributed by atoms with Crippen LogP contribution in [0.5, 0.6) is 0 Å². The highest BCUT2D eigenvalue weighted by molar-refractivity contribution is 7.13. The molecule has 0 aliphatic heterocycles. The number of hydrogen-bond acceptors (Lipinski definition) is 4. The molecule has 0 fully saturated rings. The monoisotopic (exact) mass is 284 g/mol. The van der Waals surface area contributed by atoms with Crippen molar-refractivity contribution >= 4 is 23.2 Å². The van der Waals surface area contributed by atoms with Crippen molar-refractivity contribution in [2.24, 2.45) is 5.41 Å². The second kappa shape index (κ2) is 4.92. The van der Waals surface area contributed by atoms with E-state index in [1.165, 1.54) is 11.3 Å². The van der Waals surface area contributed by atoms with Crippen molar-refractivity contribution in [1.29, 1.82) is 0 Å². The summed E-state index contributed by atoms with van der Waals surface area (Å²) in [4.78, 5) is 28.3. The van der Waals surface area contributed by atoms with E-state index in [1.54, 1.807) is 34.6 Å². The molecule has 19 heavy (non-hydrogen) atoms. The summed E-state index contributed by atoms with van der Waals surface area (Å²) in [5.41, 5.74) is -1.28. The number of carboxylic acid groups (broad SMARTS) is 1. The van der Waals surface area contributed by atoms with Gasteiger partial charge in [-0.1, -0.05) is 0 Å². The van der Waals surface area contributed by atoms with Gasteiger partial charge in [0.05, 0.1) is 21.7 Å². The maximum absolute atomic E-state index is 12.2. The van der Waals surface area contributed by atoms with Crippen molar-refractivity contribution in [3.05, 3.63) is 15.6 Å². The molecule has 6 heteroatoms. The van der Waals surface area contributed by atoms with Crippen molar-refractivity contribution in [1.82, 2.24) is 10.3 Å². The molecule has 0 bridgehead atoms. The Kier molecular flexibility index (Phi) is 4.05. The minimum absolute atomic E-state index is 0.276. The fraction of sp³-hybridized carbons (Fsp3) is 0.615. The molecule has 0 radical (unpaired) electrons. The zero-order valence-corrected chi connectivity index (χ0v) is 12.9. The van der Waals surface area contributed by atoms with Crippen LogP contribution in [0.15, 0.2) is 0 Å². The number of carboxylic acids is 1. The lowest BCUT2D eigenvalue weighted by Gasteiger charge is -2.38. The first-order valence-electron chi connectivity index (χ1n) is 5.99. The van der Waals surface area contributed by atoms with E-state index in [0.717, 1.165) is 5.01 Å². The Balaban J connectivity index is 2.99. The lowest BCUT2D eigenvalue weighted by atomic mass is 9.74. The van der Waals surface area contributed by atoms with Gasteiger partial charge in [0.15, 0.2) is 0 Å². The SMILES string of the molecule is Cc1nc(C)c(C(=O)NC(C)(C)C(C)(C)C(=O)O)s1. The summed E-state index contributed by atoms with van der Waals surface area (Å²) < 4.78 is 0. The fourth-order valence-corrected chi connectivity index (χ4v) is 2.32. The van der Waals surface area contributed by atoms with E-state index < -0.39 is 16.9 Å². The van der Waals surface area contributed by atoms with Gasteiger partial charge in [-0.2, -0.15) is 0 Å². The van der Waals surface area contributed by atoms with E-state index in [1.807, 2.05) is 6.92 Å². The number of aromatic nitrogens is 1. The summed E-state index contributed by atoms with van der Waals surface area (Å²) in [7, 11) is 0. The van der Waals surface area contributed by atoms with E-state index in [4.69, 9.17) is 0 Å². The fourth-order valence-electron chi connectivity index (χ4n) is 1.51. The number of nitrogens with zero attached hydrogens (tertiary/aromatic N) is 1. The van der Waals surface area contributed by atoms with E-state index in [-0.39, 0.29) is 5.91 Å². The molecule has 0 spiro atoms. The summed E-state index contributed by atoms with van der Waals surface area (Å²) in [6, 6.07) is 0. The molecular formula is C13H20N2O3S. The van der Waals surface area contributed by atoms with E-state index >= 15 is 0 Å². The summed E-state index contributed by atoms with van der Waals surface area (Å²) in [5.74, 6) is -1.22. The normalized spacial score (nSPS) is 12.3. The topological polar surface area (TPSA) is 79.3 Å². The van der Waals surface area contributed by atoms with Crippen LogP contribution >= 0.6 is 11.3 Å². The number of thiazole rings is 1. The predicted molar refractivity (Wildman–Crippen MR) is 74.6 cm³/mol. The van der Waals surface area contributed by atoms with Gasteiger partial charge in [-0.3, -0.25) is 9.59 Å². The Hall–Kier alpha value is -1.43. The van der Waals surface area contributed by atoms with Crippen LogP contribution in [0.3, 0.4) is 0 Å². The maximum atomic E-state index is 12.2. The van der Waals surface area contributed by atoms with Gasteiger partial charge < -0.3 is 10.4 Å². The highest BCUT2D eigenvalue weighted by Crippen LogP contribution is 2.31. The Morgan fingerprint density at radius 2 is 1.74 bits per heavy atom. The maximum Gasteiger partial charge on any atom is 0.311 e. The number of aryl methyl sites for hydroxylation is 2. The summed E-state index contributed by atoms with van der Waals surface area (Å²) in [6.07, 6.45) is 0. The molecule has 0 aromatic carbocycles. The third kappa shape index (κ3) is 2.94. The quantitative estimate of drug-likeness (QED) is 0.889. The molecule has 0 saturated carbocycles. The molecule has 1 heterocycles. The lowest BCUT2D eigenvalue weighted by molar-refractivity contribution is -0.150. The van der Waals surface area contributed by atoms with Gasteiger partial charge in [-0.15, -0.1) is 11.3 Å². The third-order valence-corrected chi connectivity index (χ3v) is 4.70. The summed E-state index contributed by atoms with van der Waals surface area (Å²) in [5, 5.41) is 12.9. The number of aliphatic carboxylic acids is 1. The zero-order chi connectivity index (χ0) is 15.0. The minimum atomic E-state index is -1.07. The Bertz CT molecular complexity index is 518. The first kappa shape index (κ1) is 15.6.